The first-order valence-electron chi connectivity index (χ1n) is 7.04. The smallest absolute Gasteiger partial charge is 0.274 e. The number of hydrogen-bond acceptors (Lipinski definition) is 4. The number of anilines is 1. The molecule has 2 rings (SSSR count). The number of carbonyl (C=O) groups excluding carboxylic acids is 3. The van der Waals surface area contributed by atoms with E-state index in [-0.39, 0.29) is 18.2 Å². The van der Waals surface area contributed by atoms with Crippen LogP contribution >= 0.6 is 12.6 Å². The van der Waals surface area contributed by atoms with Crippen LogP contribution in [-0.2, 0) is 9.59 Å². The largest absolute Gasteiger partial charge is 0.289 e. The summed E-state index contributed by atoms with van der Waals surface area (Å²) in [6, 6.07) is 6.90. The molecule has 1 aromatic rings. The van der Waals surface area contributed by atoms with Crippen LogP contribution < -0.4 is 10.3 Å². The first kappa shape index (κ1) is 16.2. The number of carbonyl (C=O) groups is 3. The molecule has 3 amide bonds. The van der Waals surface area contributed by atoms with Gasteiger partial charge in [0.05, 0.1) is 11.4 Å². The van der Waals surface area contributed by atoms with Crippen LogP contribution in [0, 0.1) is 0 Å². The number of nitrogens with one attached hydrogen (secondary N) is 1. The molecule has 116 valence electrons. The highest BCUT2D eigenvalue weighted by Gasteiger charge is 2.20. The number of hydrogen-bond donors (Lipinski definition) is 2. The number of benzene rings is 1. The molecule has 1 aliphatic rings. The molecule has 0 bridgehead atoms. The Balaban J connectivity index is 2.21. The van der Waals surface area contributed by atoms with Crippen LogP contribution in [0.1, 0.15) is 38.2 Å². The maximum Gasteiger partial charge on any atom is 0.289 e. The highest BCUT2D eigenvalue weighted by atomic mass is 32.1. The van der Waals surface area contributed by atoms with Crippen molar-refractivity contribution in [2.45, 2.75) is 32.6 Å². The second-order valence-electron chi connectivity index (χ2n) is 4.90. The molecule has 7 heteroatoms. The van der Waals surface area contributed by atoms with Gasteiger partial charge in [-0.1, -0.05) is 31.7 Å². The van der Waals surface area contributed by atoms with Gasteiger partial charge in [-0.3, -0.25) is 14.4 Å². The van der Waals surface area contributed by atoms with Gasteiger partial charge in [-0.2, -0.15) is 5.10 Å². The third-order valence-corrected chi connectivity index (χ3v) is 3.47. The van der Waals surface area contributed by atoms with Gasteiger partial charge in [0.1, 0.15) is 0 Å². The molecule has 0 spiro atoms. The van der Waals surface area contributed by atoms with Gasteiger partial charge in [0.15, 0.2) is 0 Å². The quantitative estimate of drug-likeness (QED) is 0.837. The van der Waals surface area contributed by atoms with Gasteiger partial charge in [0.25, 0.3) is 5.24 Å². The Kier molecular flexibility index (Phi) is 5.32. The topological polar surface area (TPSA) is 78.8 Å². The molecular formula is C15H17N3O3S. The molecule has 0 aliphatic carbocycles. The molecule has 22 heavy (non-hydrogen) atoms. The molecule has 0 saturated carbocycles. The molecular weight excluding hydrogens is 302 g/mol. The van der Waals surface area contributed by atoms with Crippen molar-refractivity contribution in [2.75, 3.05) is 4.90 Å². The fourth-order valence-electron chi connectivity index (χ4n) is 2.17. The lowest BCUT2D eigenvalue weighted by Gasteiger charge is -2.19. The second kappa shape index (κ2) is 7.22. The van der Waals surface area contributed by atoms with E-state index in [0.29, 0.717) is 24.9 Å². The minimum absolute atomic E-state index is 0.0996. The fourth-order valence-corrected chi connectivity index (χ4v) is 2.40. The average molecular weight is 319 g/mol. The summed E-state index contributed by atoms with van der Waals surface area (Å²) in [5, 5.41) is 3.41. The highest BCUT2D eigenvalue weighted by Crippen LogP contribution is 2.20. The van der Waals surface area contributed by atoms with E-state index < -0.39 is 5.24 Å². The first-order valence-corrected chi connectivity index (χ1v) is 7.49. The SMILES string of the molecule is CCCC(=O)N(C(=O)S)c1ccc(C2=NNC(=O)CC2)cc1. The zero-order valence-corrected chi connectivity index (χ0v) is 13.1. The second-order valence-corrected chi connectivity index (χ2v) is 5.28. The van der Waals surface area contributed by atoms with E-state index in [4.69, 9.17) is 0 Å². The van der Waals surface area contributed by atoms with E-state index in [1.807, 2.05) is 6.92 Å². The van der Waals surface area contributed by atoms with E-state index in [2.05, 4.69) is 23.2 Å². The predicted molar refractivity (Wildman–Crippen MR) is 87.1 cm³/mol. The van der Waals surface area contributed by atoms with Crippen LogP contribution in [0.4, 0.5) is 10.5 Å². The number of hydrazone groups is 1. The maximum absolute atomic E-state index is 12.0. The molecule has 0 fully saturated rings. The fraction of sp³-hybridized carbons (Fsp3) is 0.333. The minimum atomic E-state index is -0.603. The standard InChI is InChI=1S/C15H17N3O3S/c1-2-3-14(20)18(15(21)22)11-6-4-10(5-7-11)12-8-9-13(19)17-16-12/h4-7H,2-3,8-9H2,1H3,(H,17,19)(H,21,22). The minimum Gasteiger partial charge on any atom is -0.274 e. The number of imide groups is 1. The Morgan fingerprint density at radius 1 is 1.27 bits per heavy atom. The lowest BCUT2D eigenvalue weighted by molar-refractivity contribution is -0.121. The van der Waals surface area contributed by atoms with Crippen LogP contribution in [-0.4, -0.2) is 22.8 Å². The summed E-state index contributed by atoms with van der Waals surface area (Å²) in [4.78, 5) is 35.7. The van der Waals surface area contributed by atoms with Crippen molar-refractivity contribution in [1.82, 2.24) is 5.43 Å². The molecule has 0 aromatic heterocycles. The normalized spacial score (nSPS) is 14.1. The van der Waals surface area contributed by atoms with Crippen molar-refractivity contribution in [1.29, 1.82) is 0 Å². The summed E-state index contributed by atoms with van der Waals surface area (Å²) in [5.41, 5.74) is 4.53. The monoisotopic (exact) mass is 319 g/mol. The van der Waals surface area contributed by atoms with Gasteiger partial charge in [-0.15, -0.1) is 0 Å². The first-order chi connectivity index (χ1) is 10.5. The van der Waals surface area contributed by atoms with Crippen LogP contribution in [0.25, 0.3) is 0 Å². The zero-order valence-electron chi connectivity index (χ0n) is 12.2. The van der Waals surface area contributed by atoms with E-state index in [1.54, 1.807) is 24.3 Å². The Hall–Kier alpha value is -2.15. The van der Waals surface area contributed by atoms with Gasteiger partial charge in [0, 0.05) is 19.3 Å². The number of amides is 3. The van der Waals surface area contributed by atoms with E-state index >= 15 is 0 Å². The van der Waals surface area contributed by atoms with Gasteiger partial charge < -0.3 is 0 Å². The van der Waals surface area contributed by atoms with E-state index in [0.717, 1.165) is 16.2 Å². The molecule has 0 unspecified atom stereocenters. The average Bonchev–Trinajstić information content (AvgIpc) is 2.49. The third kappa shape index (κ3) is 3.73. The van der Waals surface area contributed by atoms with Gasteiger partial charge >= 0.3 is 0 Å². The van der Waals surface area contributed by atoms with Crippen molar-refractivity contribution in [3.05, 3.63) is 29.8 Å². The van der Waals surface area contributed by atoms with Gasteiger partial charge in [-0.05, 0) is 24.1 Å². The van der Waals surface area contributed by atoms with Crippen molar-refractivity contribution in [3.8, 4) is 0 Å². The van der Waals surface area contributed by atoms with Crippen LogP contribution in [0.5, 0.6) is 0 Å². The van der Waals surface area contributed by atoms with Crippen LogP contribution in [0.3, 0.4) is 0 Å². The van der Waals surface area contributed by atoms with Crippen molar-refractivity contribution in [2.24, 2.45) is 5.10 Å². The van der Waals surface area contributed by atoms with Gasteiger partial charge in [-0.25, -0.2) is 10.3 Å². The van der Waals surface area contributed by atoms with Crippen molar-refractivity contribution in [3.63, 3.8) is 0 Å². The Morgan fingerprint density at radius 3 is 2.45 bits per heavy atom. The Labute approximate surface area is 134 Å². The maximum atomic E-state index is 12.0. The number of nitrogens with zero attached hydrogens (tertiary/aromatic N) is 2. The van der Waals surface area contributed by atoms with E-state index in [1.165, 1.54) is 0 Å². The Bertz CT molecular complexity index is 625. The summed E-state index contributed by atoms with van der Waals surface area (Å²) >= 11 is 3.77. The van der Waals surface area contributed by atoms with Crippen molar-refractivity contribution < 1.29 is 14.4 Å². The summed E-state index contributed by atoms with van der Waals surface area (Å²) in [6.07, 6.45) is 1.91. The third-order valence-electron chi connectivity index (χ3n) is 3.27. The summed E-state index contributed by atoms with van der Waals surface area (Å²) in [5.74, 6) is -0.380. The van der Waals surface area contributed by atoms with Gasteiger partial charge in [0.2, 0.25) is 11.8 Å². The molecule has 6 nitrogen and oxygen atoms in total. The lowest BCUT2D eigenvalue weighted by atomic mass is 10.0. The molecule has 0 atom stereocenters. The summed E-state index contributed by atoms with van der Waals surface area (Å²) < 4.78 is 0. The molecule has 1 N–H and O–H groups in total. The highest BCUT2D eigenvalue weighted by molar-refractivity contribution is 7.97. The summed E-state index contributed by atoms with van der Waals surface area (Å²) in [7, 11) is 0. The van der Waals surface area contributed by atoms with Crippen LogP contribution in [0.15, 0.2) is 29.4 Å². The Morgan fingerprint density at radius 2 is 1.95 bits per heavy atom. The number of rotatable bonds is 4. The molecule has 1 heterocycles. The summed E-state index contributed by atoms with van der Waals surface area (Å²) in [6.45, 7) is 1.87. The molecule has 0 saturated heterocycles. The molecule has 0 radical (unpaired) electrons. The zero-order chi connectivity index (χ0) is 16.1. The predicted octanol–water partition coefficient (Wildman–Crippen LogP) is 2.48. The van der Waals surface area contributed by atoms with Crippen molar-refractivity contribution >= 4 is 41.1 Å². The molecule has 1 aromatic carbocycles. The molecule has 1 aliphatic heterocycles. The van der Waals surface area contributed by atoms with E-state index in [9.17, 15) is 14.4 Å². The number of thiol groups is 1. The lowest BCUT2D eigenvalue weighted by Crippen LogP contribution is -2.33. The van der Waals surface area contributed by atoms with Crippen LogP contribution in [0.2, 0.25) is 0 Å².